The number of alkyl halides is 5. The Morgan fingerprint density at radius 2 is 1.61 bits per heavy atom. The smallest absolute Gasteiger partial charge is 0.346 e. The van der Waals surface area contributed by atoms with Gasteiger partial charge >= 0.3 is 6.18 Å². The summed E-state index contributed by atoms with van der Waals surface area (Å²) in [5, 5.41) is 4.44. The first kappa shape index (κ1) is 26.0. The zero-order chi connectivity index (χ0) is 26.1. The van der Waals surface area contributed by atoms with E-state index in [1.807, 2.05) is 0 Å². The van der Waals surface area contributed by atoms with Gasteiger partial charge in [-0.2, -0.15) is 22.0 Å². The Bertz CT molecular complexity index is 1340. The van der Waals surface area contributed by atoms with Gasteiger partial charge in [0.2, 0.25) is 0 Å². The SMILES string of the molecule is CC(F)(F)c1csc(NC(Cc2ccccc2)(c2cc(F)cc(C(F)(F)F)c2)c2ccc(Cl)cn2)n1. The van der Waals surface area contributed by atoms with E-state index in [-0.39, 0.29) is 27.8 Å². The third kappa shape index (κ3) is 5.65. The van der Waals surface area contributed by atoms with Gasteiger partial charge in [0.05, 0.1) is 16.3 Å². The molecule has 0 aliphatic carbocycles. The van der Waals surface area contributed by atoms with E-state index < -0.39 is 34.7 Å². The zero-order valence-corrected chi connectivity index (χ0v) is 20.2. The number of pyridine rings is 1. The number of hydrogen-bond acceptors (Lipinski definition) is 4. The van der Waals surface area contributed by atoms with Crippen molar-refractivity contribution in [3.63, 3.8) is 0 Å². The fourth-order valence-corrected chi connectivity index (χ4v) is 4.75. The zero-order valence-electron chi connectivity index (χ0n) is 18.6. The van der Waals surface area contributed by atoms with Crippen molar-refractivity contribution in [2.75, 3.05) is 5.32 Å². The number of halogens is 7. The summed E-state index contributed by atoms with van der Waals surface area (Å²) >= 11 is 6.85. The van der Waals surface area contributed by atoms with Crippen molar-refractivity contribution >= 4 is 28.1 Å². The molecule has 4 rings (SSSR count). The number of thiazole rings is 1. The van der Waals surface area contributed by atoms with E-state index in [1.165, 1.54) is 18.3 Å². The average Bonchev–Trinajstić information content (AvgIpc) is 3.28. The lowest BCUT2D eigenvalue weighted by Crippen LogP contribution is -2.40. The van der Waals surface area contributed by atoms with Crippen LogP contribution in [0.5, 0.6) is 0 Å². The number of anilines is 1. The second-order valence-corrected chi connectivity index (χ2v) is 9.50. The molecule has 0 aliphatic heterocycles. The van der Waals surface area contributed by atoms with Crippen molar-refractivity contribution in [1.29, 1.82) is 0 Å². The number of benzene rings is 2. The van der Waals surface area contributed by atoms with Gasteiger partial charge in [-0.3, -0.25) is 4.98 Å². The van der Waals surface area contributed by atoms with Gasteiger partial charge in [0, 0.05) is 24.9 Å². The highest BCUT2D eigenvalue weighted by Crippen LogP contribution is 2.41. The molecule has 1 N–H and O–H groups in total. The van der Waals surface area contributed by atoms with Crippen LogP contribution in [-0.2, 0) is 24.1 Å². The predicted octanol–water partition coefficient (Wildman–Crippen LogP) is 8.06. The summed E-state index contributed by atoms with van der Waals surface area (Å²) in [5.74, 6) is -4.35. The molecule has 3 nitrogen and oxygen atoms in total. The molecule has 0 saturated heterocycles. The summed E-state index contributed by atoms with van der Waals surface area (Å²) in [6.07, 6.45) is -3.54. The first-order valence-corrected chi connectivity index (χ1v) is 11.8. The van der Waals surface area contributed by atoms with E-state index in [1.54, 1.807) is 30.3 Å². The Labute approximate surface area is 211 Å². The van der Waals surface area contributed by atoms with Crippen LogP contribution in [0.4, 0.5) is 31.5 Å². The molecular formula is C25H18ClF6N3S. The third-order valence-corrected chi connectivity index (χ3v) is 6.45. The van der Waals surface area contributed by atoms with Gasteiger partial charge in [-0.1, -0.05) is 41.9 Å². The Morgan fingerprint density at radius 3 is 2.19 bits per heavy atom. The first-order valence-electron chi connectivity index (χ1n) is 10.5. The van der Waals surface area contributed by atoms with E-state index in [2.05, 4.69) is 15.3 Å². The highest BCUT2D eigenvalue weighted by Gasteiger charge is 2.41. The van der Waals surface area contributed by atoms with E-state index in [0.29, 0.717) is 18.6 Å². The molecule has 1 atom stereocenters. The molecule has 0 radical (unpaired) electrons. The molecule has 0 aliphatic rings. The number of nitrogens with one attached hydrogen (secondary N) is 1. The second kappa shape index (κ2) is 9.74. The quantitative estimate of drug-likeness (QED) is 0.240. The van der Waals surface area contributed by atoms with E-state index >= 15 is 0 Å². The Balaban J connectivity index is 1.98. The lowest BCUT2D eigenvalue weighted by Gasteiger charge is -2.36. The van der Waals surface area contributed by atoms with Crippen molar-refractivity contribution in [3.05, 3.63) is 111 Å². The standard InChI is InChI=1S/C25H18ClF6N3S/c1-23(28,29)21-14-36-22(34-21)35-24(12-15-5-3-2-4-6-15,20-8-7-18(26)13-33-20)16-9-17(25(30,31)32)11-19(27)10-16/h2-11,13-14H,12H2,1H3,(H,34,35). The van der Waals surface area contributed by atoms with Crippen LogP contribution in [0.25, 0.3) is 0 Å². The summed E-state index contributed by atoms with van der Waals surface area (Å²) in [7, 11) is 0. The van der Waals surface area contributed by atoms with Crippen LogP contribution in [0, 0.1) is 5.82 Å². The van der Waals surface area contributed by atoms with Gasteiger partial charge in [-0.05, 0) is 41.5 Å². The fourth-order valence-electron chi connectivity index (χ4n) is 3.77. The highest BCUT2D eigenvalue weighted by molar-refractivity contribution is 7.13. The summed E-state index contributed by atoms with van der Waals surface area (Å²) in [4.78, 5) is 8.28. The van der Waals surface area contributed by atoms with E-state index in [9.17, 15) is 26.3 Å². The van der Waals surface area contributed by atoms with Crippen LogP contribution >= 0.6 is 22.9 Å². The van der Waals surface area contributed by atoms with E-state index in [4.69, 9.17) is 11.6 Å². The Morgan fingerprint density at radius 1 is 0.917 bits per heavy atom. The summed E-state index contributed by atoms with van der Waals surface area (Å²) < 4.78 is 83.4. The molecule has 11 heteroatoms. The monoisotopic (exact) mass is 541 g/mol. The molecule has 2 heterocycles. The van der Waals surface area contributed by atoms with Crippen LogP contribution in [0.15, 0.2) is 72.2 Å². The summed E-state index contributed by atoms with van der Waals surface area (Å²) in [6.45, 7) is 0.686. The molecule has 0 bridgehead atoms. The number of aromatic nitrogens is 2. The van der Waals surface area contributed by atoms with Crippen molar-refractivity contribution < 1.29 is 26.3 Å². The maximum absolute atomic E-state index is 14.6. The Hall–Kier alpha value is -3.11. The van der Waals surface area contributed by atoms with Gasteiger partial charge in [-0.25, -0.2) is 9.37 Å². The number of hydrogen-bond donors (Lipinski definition) is 1. The minimum atomic E-state index is -4.83. The highest BCUT2D eigenvalue weighted by atomic mass is 35.5. The molecule has 0 spiro atoms. The molecule has 0 fully saturated rings. The Kier molecular flexibility index (Phi) is 7.03. The van der Waals surface area contributed by atoms with Gasteiger partial charge in [-0.15, -0.1) is 11.3 Å². The minimum absolute atomic E-state index is 0.00275. The molecule has 2 aromatic heterocycles. The van der Waals surface area contributed by atoms with Crippen molar-refractivity contribution in [2.45, 2.75) is 31.0 Å². The third-order valence-electron chi connectivity index (χ3n) is 5.47. The molecule has 2 aromatic carbocycles. The van der Waals surface area contributed by atoms with Gasteiger partial charge in [0.25, 0.3) is 5.92 Å². The number of nitrogens with zero attached hydrogens (tertiary/aromatic N) is 2. The lowest BCUT2D eigenvalue weighted by atomic mass is 9.80. The maximum atomic E-state index is 14.6. The normalized spacial score (nSPS) is 13.9. The summed E-state index contributed by atoms with van der Waals surface area (Å²) in [6, 6.07) is 13.9. The van der Waals surface area contributed by atoms with Gasteiger partial charge in [0.15, 0.2) is 5.13 Å². The number of rotatable bonds is 7. The van der Waals surface area contributed by atoms with Gasteiger partial charge in [0.1, 0.15) is 17.1 Å². The lowest BCUT2D eigenvalue weighted by molar-refractivity contribution is -0.137. The van der Waals surface area contributed by atoms with Crippen LogP contribution < -0.4 is 5.32 Å². The van der Waals surface area contributed by atoms with E-state index in [0.717, 1.165) is 28.8 Å². The van der Waals surface area contributed by atoms with Gasteiger partial charge < -0.3 is 5.32 Å². The average molecular weight is 542 g/mol. The van der Waals surface area contributed by atoms with Crippen molar-refractivity contribution in [1.82, 2.24) is 9.97 Å². The largest absolute Gasteiger partial charge is 0.416 e. The van der Waals surface area contributed by atoms with Crippen molar-refractivity contribution in [3.8, 4) is 0 Å². The topological polar surface area (TPSA) is 37.8 Å². The fraction of sp³-hybridized carbons (Fsp3) is 0.200. The van der Waals surface area contributed by atoms with Crippen LogP contribution in [0.1, 0.15) is 35.0 Å². The molecule has 0 saturated carbocycles. The molecule has 4 aromatic rings. The second-order valence-electron chi connectivity index (χ2n) is 8.21. The molecule has 36 heavy (non-hydrogen) atoms. The molecule has 1 unspecified atom stereocenters. The first-order chi connectivity index (χ1) is 16.9. The molecule has 188 valence electrons. The maximum Gasteiger partial charge on any atom is 0.416 e. The predicted molar refractivity (Wildman–Crippen MR) is 127 cm³/mol. The van der Waals surface area contributed by atoms with Crippen LogP contribution in [0.3, 0.4) is 0 Å². The summed E-state index contributed by atoms with van der Waals surface area (Å²) in [5.41, 5.74) is -2.61. The minimum Gasteiger partial charge on any atom is -0.346 e. The molecule has 0 amide bonds. The van der Waals surface area contributed by atoms with Crippen LogP contribution in [0.2, 0.25) is 5.02 Å². The molecular weight excluding hydrogens is 524 g/mol. The van der Waals surface area contributed by atoms with Crippen molar-refractivity contribution in [2.24, 2.45) is 0 Å². The van der Waals surface area contributed by atoms with Crippen LogP contribution in [-0.4, -0.2) is 9.97 Å².